The number of hydrogen-bond acceptors (Lipinski definition) is 4. The first-order valence-corrected chi connectivity index (χ1v) is 6.08. The molecule has 1 rings (SSSR count). The van der Waals surface area contributed by atoms with E-state index in [2.05, 4.69) is 5.32 Å². The second-order valence-electron chi connectivity index (χ2n) is 3.28. The molecule has 0 heterocycles. The van der Waals surface area contributed by atoms with Crippen molar-refractivity contribution < 1.29 is 19.4 Å². The minimum absolute atomic E-state index is 0.263. The molecule has 0 aliphatic rings. The fourth-order valence-electron chi connectivity index (χ4n) is 1.28. The van der Waals surface area contributed by atoms with Crippen molar-refractivity contribution in [2.24, 2.45) is 0 Å². The second kappa shape index (κ2) is 6.33. The van der Waals surface area contributed by atoms with E-state index < -0.39 is 20.0 Å². The van der Waals surface area contributed by atoms with E-state index in [0.717, 1.165) is 5.56 Å². The maximum Gasteiger partial charge on any atom is 0.324 e. The third kappa shape index (κ3) is 4.49. The lowest BCUT2D eigenvalue weighted by Gasteiger charge is -2.11. The van der Waals surface area contributed by atoms with Gasteiger partial charge in [-0.2, -0.15) is 0 Å². The van der Waals surface area contributed by atoms with Gasteiger partial charge in [-0.15, -0.1) is 0 Å². The quantitative estimate of drug-likeness (QED) is 0.700. The van der Waals surface area contributed by atoms with E-state index in [0.29, 0.717) is 0 Å². The molecule has 1 aromatic rings. The van der Waals surface area contributed by atoms with Crippen molar-refractivity contribution in [2.45, 2.75) is 12.5 Å². The van der Waals surface area contributed by atoms with E-state index >= 15 is 0 Å². The van der Waals surface area contributed by atoms with Gasteiger partial charge in [0.15, 0.2) is 6.29 Å². The van der Waals surface area contributed by atoms with Crippen LogP contribution in [0.5, 0.6) is 0 Å². The van der Waals surface area contributed by atoms with Gasteiger partial charge >= 0.3 is 14.0 Å². The van der Waals surface area contributed by atoms with Gasteiger partial charge in [0.05, 0.1) is 0 Å². The second-order valence-corrected chi connectivity index (χ2v) is 4.26. The number of hydrogen-bond donors (Lipinski definition) is 2. The number of benzene rings is 1. The molecule has 5 nitrogen and oxygen atoms in total. The fraction of sp³-hybridized carbons (Fsp3) is 0.300. The summed E-state index contributed by atoms with van der Waals surface area (Å²) in [5.41, 5.74) is 0.850. The Labute approximate surface area is 94.0 Å². The van der Waals surface area contributed by atoms with Crippen LogP contribution >= 0.6 is 8.03 Å². The Bertz CT molecular complexity index is 368. The summed E-state index contributed by atoms with van der Waals surface area (Å²) in [4.78, 5) is 21.2. The van der Waals surface area contributed by atoms with Gasteiger partial charge in [-0.05, 0) is 12.0 Å². The molecule has 6 heteroatoms. The minimum atomic E-state index is -2.61. The molecule has 0 saturated heterocycles. The van der Waals surface area contributed by atoms with Gasteiger partial charge in [-0.1, -0.05) is 34.9 Å². The Kier molecular flexibility index (Phi) is 5.05. The SMILES string of the molecule is O=C(O)[C@H](Cc1ccccc1)NC[P+](=O)[O-]. The predicted octanol–water partition coefficient (Wildman–Crippen LogP) is 0.332. The summed E-state index contributed by atoms with van der Waals surface area (Å²) < 4.78 is 10.4. The molecule has 0 aromatic heterocycles. The highest BCUT2D eigenvalue weighted by Crippen LogP contribution is 2.07. The molecule has 0 aliphatic heterocycles. The maximum absolute atomic E-state index is 10.9. The molecule has 0 saturated carbocycles. The van der Waals surface area contributed by atoms with Crippen LogP contribution in [-0.4, -0.2) is 23.4 Å². The lowest BCUT2D eigenvalue weighted by molar-refractivity contribution is -0.164. The lowest BCUT2D eigenvalue weighted by atomic mass is 10.1. The molecule has 16 heavy (non-hydrogen) atoms. The van der Waals surface area contributed by atoms with E-state index in [9.17, 15) is 14.3 Å². The van der Waals surface area contributed by atoms with Gasteiger partial charge in [0.1, 0.15) is 6.04 Å². The summed E-state index contributed by atoms with van der Waals surface area (Å²) in [7, 11) is -2.61. The third-order valence-electron chi connectivity index (χ3n) is 2.05. The zero-order chi connectivity index (χ0) is 12.0. The fourth-order valence-corrected chi connectivity index (χ4v) is 1.65. The van der Waals surface area contributed by atoms with Crippen molar-refractivity contribution in [3.05, 3.63) is 35.9 Å². The zero-order valence-electron chi connectivity index (χ0n) is 8.50. The highest BCUT2D eigenvalue weighted by Gasteiger charge is 2.19. The average molecular weight is 241 g/mol. The van der Waals surface area contributed by atoms with Crippen LogP contribution in [0.2, 0.25) is 0 Å². The molecular weight excluding hydrogens is 229 g/mol. The van der Waals surface area contributed by atoms with E-state index in [1.165, 1.54) is 0 Å². The summed E-state index contributed by atoms with van der Waals surface area (Å²) in [5, 5.41) is 11.4. The molecule has 0 radical (unpaired) electrons. The smallest absolute Gasteiger partial charge is 0.324 e. The van der Waals surface area contributed by atoms with Crippen LogP contribution in [0, 0.1) is 0 Å². The Morgan fingerprint density at radius 2 is 2.06 bits per heavy atom. The molecule has 0 aliphatic carbocycles. The van der Waals surface area contributed by atoms with Crippen LogP contribution < -0.4 is 10.2 Å². The minimum Gasteiger partial charge on any atom is -0.594 e. The summed E-state index contributed by atoms with van der Waals surface area (Å²) in [6.07, 6.45) is -0.0571. The van der Waals surface area contributed by atoms with Gasteiger partial charge in [0, 0.05) is 0 Å². The highest BCUT2D eigenvalue weighted by atomic mass is 31.1. The molecule has 0 amide bonds. The molecule has 1 aromatic carbocycles. The van der Waals surface area contributed by atoms with E-state index in [1.54, 1.807) is 12.1 Å². The molecule has 2 N–H and O–H groups in total. The summed E-state index contributed by atoms with van der Waals surface area (Å²) in [5.74, 6) is -1.05. The van der Waals surface area contributed by atoms with Crippen LogP contribution in [0.15, 0.2) is 30.3 Å². The Morgan fingerprint density at radius 3 is 2.56 bits per heavy atom. The maximum atomic E-state index is 10.9. The van der Waals surface area contributed by atoms with E-state index in [-0.39, 0.29) is 12.7 Å². The summed E-state index contributed by atoms with van der Waals surface area (Å²) in [6, 6.07) is 8.17. The van der Waals surface area contributed by atoms with Crippen molar-refractivity contribution in [1.82, 2.24) is 5.32 Å². The van der Waals surface area contributed by atoms with E-state index in [1.807, 2.05) is 18.2 Å². The Balaban J connectivity index is 2.58. The summed E-state index contributed by atoms with van der Waals surface area (Å²) >= 11 is 0. The standard InChI is InChI=1S/C10H12NO4P/c12-10(13)9(11-7-16(14)15)6-8-4-2-1-3-5-8/h1-5,9,11H,6-7H2,(H,12,13)/t9-/m0/s1. The van der Waals surface area contributed by atoms with Gasteiger partial charge in [0.25, 0.3) is 0 Å². The normalized spacial score (nSPS) is 13.2. The number of carbonyl (C=O) groups is 1. The van der Waals surface area contributed by atoms with Crippen molar-refractivity contribution >= 4 is 14.0 Å². The largest absolute Gasteiger partial charge is 0.594 e. The lowest BCUT2D eigenvalue weighted by Crippen LogP contribution is -2.38. The number of nitrogens with one attached hydrogen (secondary N) is 1. The molecule has 0 bridgehead atoms. The van der Waals surface area contributed by atoms with Gasteiger partial charge in [-0.25, -0.2) is 0 Å². The predicted molar refractivity (Wildman–Crippen MR) is 57.2 cm³/mol. The summed E-state index contributed by atoms with van der Waals surface area (Å²) in [6.45, 7) is 0. The van der Waals surface area contributed by atoms with Crippen molar-refractivity contribution in [2.75, 3.05) is 6.29 Å². The monoisotopic (exact) mass is 241 g/mol. The highest BCUT2D eigenvalue weighted by molar-refractivity contribution is 7.36. The first-order chi connectivity index (χ1) is 7.59. The zero-order valence-corrected chi connectivity index (χ0v) is 9.39. The molecule has 0 fully saturated rings. The van der Waals surface area contributed by atoms with Gasteiger partial charge < -0.3 is 10.00 Å². The number of aliphatic carboxylic acids is 1. The van der Waals surface area contributed by atoms with Gasteiger partial charge in [-0.3, -0.25) is 10.1 Å². The molecular formula is C10H12NO4P. The first kappa shape index (κ1) is 12.8. The molecule has 86 valence electrons. The number of carboxylic acids is 1. The molecule has 0 spiro atoms. The van der Waals surface area contributed by atoms with Crippen LogP contribution in [0.25, 0.3) is 0 Å². The number of carboxylic acid groups (broad SMARTS) is 1. The average Bonchev–Trinajstić information content (AvgIpc) is 2.25. The van der Waals surface area contributed by atoms with Crippen LogP contribution in [0.1, 0.15) is 5.56 Å². The van der Waals surface area contributed by atoms with Crippen LogP contribution in [0.3, 0.4) is 0 Å². The van der Waals surface area contributed by atoms with Crippen molar-refractivity contribution in [3.63, 3.8) is 0 Å². The van der Waals surface area contributed by atoms with Crippen molar-refractivity contribution in [1.29, 1.82) is 0 Å². The number of rotatable bonds is 6. The first-order valence-electron chi connectivity index (χ1n) is 4.71. The molecule has 2 atom stereocenters. The molecule has 1 unspecified atom stereocenters. The van der Waals surface area contributed by atoms with Gasteiger partial charge in [0.2, 0.25) is 0 Å². The Hall–Kier alpha value is -1.29. The van der Waals surface area contributed by atoms with Crippen molar-refractivity contribution in [3.8, 4) is 0 Å². The third-order valence-corrected chi connectivity index (χ3v) is 2.49. The Morgan fingerprint density at radius 1 is 1.44 bits per heavy atom. The van der Waals surface area contributed by atoms with Crippen LogP contribution in [-0.2, 0) is 15.8 Å². The topological polar surface area (TPSA) is 89.5 Å². The van der Waals surface area contributed by atoms with Crippen LogP contribution in [0.4, 0.5) is 0 Å². The van der Waals surface area contributed by atoms with E-state index in [4.69, 9.17) is 5.11 Å².